The smallest absolute Gasteiger partial charge is 0.127 e. The highest BCUT2D eigenvalue weighted by Gasteiger charge is 2.39. The Labute approximate surface area is 90.7 Å². The zero-order chi connectivity index (χ0) is 10.7. The summed E-state index contributed by atoms with van der Waals surface area (Å²) in [5.41, 5.74) is 0.971. The standard InChI is InChI=1S/C13H18FN/c1-2-15-10-13(8-5-9-13)11-6-3-4-7-12(11)14/h3-4,6-7,15H,2,5,8-10H2,1H3. The normalized spacial score (nSPS) is 18.5. The lowest BCUT2D eigenvalue weighted by Crippen LogP contribution is -2.44. The fraction of sp³-hybridized carbons (Fsp3) is 0.538. The summed E-state index contributed by atoms with van der Waals surface area (Å²) in [6, 6.07) is 7.20. The zero-order valence-electron chi connectivity index (χ0n) is 9.22. The second kappa shape index (κ2) is 4.31. The lowest BCUT2D eigenvalue weighted by atomic mass is 9.64. The van der Waals surface area contributed by atoms with Gasteiger partial charge < -0.3 is 5.32 Å². The fourth-order valence-corrected chi connectivity index (χ4v) is 2.40. The van der Waals surface area contributed by atoms with Crippen molar-refractivity contribution in [3.05, 3.63) is 35.6 Å². The molecule has 0 bridgehead atoms. The maximum absolute atomic E-state index is 13.7. The van der Waals surface area contributed by atoms with Crippen LogP contribution in [0, 0.1) is 5.82 Å². The van der Waals surface area contributed by atoms with Crippen molar-refractivity contribution in [3.8, 4) is 0 Å². The first kappa shape index (κ1) is 10.6. The Balaban J connectivity index is 2.22. The third-order valence-electron chi connectivity index (χ3n) is 3.47. The van der Waals surface area contributed by atoms with Gasteiger partial charge in [0.1, 0.15) is 5.82 Å². The van der Waals surface area contributed by atoms with E-state index in [0.29, 0.717) is 0 Å². The first-order chi connectivity index (χ1) is 7.28. The van der Waals surface area contributed by atoms with Crippen LogP contribution in [0.5, 0.6) is 0 Å². The van der Waals surface area contributed by atoms with Gasteiger partial charge in [0.25, 0.3) is 0 Å². The van der Waals surface area contributed by atoms with E-state index in [2.05, 4.69) is 12.2 Å². The maximum atomic E-state index is 13.7. The number of rotatable bonds is 4. The van der Waals surface area contributed by atoms with Gasteiger partial charge in [-0.25, -0.2) is 4.39 Å². The number of benzene rings is 1. The van der Waals surface area contributed by atoms with Crippen molar-refractivity contribution >= 4 is 0 Å². The Morgan fingerprint density at radius 3 is 2.60 bits per heavy atom. The molecule has 0 amide bonds. The van der Waals surface area contributed by atoms with E-state index in [0.717, 1.165) is 31.5 Å². The van der Waals surface area contributed by atoms with E-state index in [4.69, 9.17) is 0 Å². The van der Waals surface area contributed by atoms with E-state index >= 15 is 0 Å². The van der Waals surface area contributed by atoms with Crippen LogP contribution < -0.4 is 5.32 Å². The molecule has 1 N–H and O–H groups in total. The molecule has 1 saturated carbocycles. The molecule has 0 aromatic heterocycles. The van der Waals surface area contributed by atoms with Gasteiger partial charge in [0.05, 0.1) is 0 Å². The van der Waals surface area contributed by atoms with Gasteiger partial charge in [-0.05, 0) is 31.0 Å². The van der Waals surface area contributed by atoms with Crippen molar-refractivity contribution in [2.75, 3.05) is 13.1 Å². The van der Waals surface area contributed by atoms with Crippen LogP contribution >= 0.6 is 0 Å². The minimum absolute atomic E-state index is 0.0462. The Morgan fingerprint density at radius 2 is 2.07 bits per heavy atom. The van der Waals surface area contributed by atoms with Crippen molar-refractivity contribution < 1.29 is 4.39 Å². The van der Waals surface area contributed by atoms with Crippen molar-refractivity contribution in [2.24, 2.45) is 0 Å². The quantitative estimate of drug-likeness (QED) is 0.800. The van der Waals surface area contributed by atoms with E-state index in [1.54, 1.807) is 12.1 Å². The summed E-state index contributed by atoms with van der Waals surface area (Å²) >= 11 is 0. The molecule has 0 atom stereocenters. The van der Waals surface area contributed by atoms with Crippen LogP contribution in [-0.4, -0.2) is 13.1 Å². The summed E-state index contributed by atoms with van der Waals surface area (Å²) in [6.07, 6.45) is 3.45. The van der Waals surface area contributed by atoms with Gasteiger partial charge in [-0.2, -0.15) is 0 Å². The van der Waals surface area contributed by atoms with Gasteiger partial charge in [0, 0.05) is 12.0 Å². The van der Waals surface area contributed by atoms with Crippen LogP contribution in [0.3, 0.4) is 0 Å². The molecule has 0 radical (unpaired) electrons. The third-order valence-corrected chi connectivity index (χ3v) is 3.47. The lowest BCUT2D eigenvalue weighted by Gasteiger charge is -2.42. The Morgan fingerprint density at radius 1 is 1.33 bits per heavy atom. The molecule has 0 saturated heterocycles. The van der Waals surface area contributed by atoms with Gasteiger partial charge in [-0.3, -0.25) is 0 Å². The minimum Gasteiger partial charge on any atom is -0.316 e. The van der Waals surface area contributed by atoms with Gasteiger partial charge in [0.2, 0.25) is 0 Å². The van der Waals surface area contributed by atoms with Crippen LogP contribution in [0.2, 0.25) is 0 Å². The average molecular weight is 207 g/mol. The molecule has 2 rings (SSSR count). The molecule has 2 heteroatoms. The van der Waals surface area contributed by atoms with E-state index < -0.39 is 0 Å². The molecule has 1 aromatic carbocycles. The molecule has 1 fully saturated rings. The summed E-state index contributed by atoms with van der Waals surface area (Å²) in [4.78, 5) is 0. The molecule has 0 heterocycles. The lowest BCUT2D eigenvalue weighted by molar-refractivity contribution is 0.228. The molecular formula is C13H18FN. The Hall–Kier alpha value is -0.890. The topological polar surface area (TPSA) is 12.0 Å². The number of hydrogen-bond donors (Lipinski definition) is 1. The number of halogens is 1. The molecule has 1 aliphatic rings. The molecule has 1 aliphatic carbocycles. The molecule has 15 heavy (non-hydrogen) atoms. The molecule has 0 aliphatic heterocycles. The van der Waals surface area contributed by atoms with E-state index in [1.807, 2.05) is 12.1 Å². The summed E-state index contributed by atoms with van der Waals surface area (Å²) in [5.74, 6) is -0.0462. The van der Waals surface area contributed by atoms with E-state index in [9.17, 15) is 4.39 Å². The highest BCUT2D eigenvalue weighted by atomic mass is 19.1. The second-order valence-corrected chi connectivity index (χ2v) is 4.39. The second-order valence-electron chi connectivity index (χ2n) is 4.39. The number of nitrogens with one attached hydrogen (secondary N) is 1. The van der Waals surface area contributed by atoms with Gasteiger partial charge in [-0.1, -0.05) is 31.5 Å². The first-order valence-electron chi connectivity index (χ1n) is 5.74. The van der Waals surface area contributed by atoms with Crippen molar-refractivity contribution in [3.63, 3.8) is 0 Å². The number of hydrogen-bond acceptors (Lipinski definition) is 1. The predicted octanol–water partition coefficient (Wildman–Crippen LogP) is 2.86. The molecule has 82 valence electrons. The Kier molecular flexibility index (Phi) is 3.06. The van der Waals surface area contributed by atoms with E-state index in [-0.39, 0.29) is 11.2 Å². The van der Waals surface area contributed by atoms with Crippen molar-refractivity contribution in [2.45, 2.75) is 31.6 Å². The van der Waals surface area contributed by atoms with Crippen molar-refractivity contribution in [1.29, 1.82) is 0 Å². The van der Waals surface area contributed by atoms with Gasteiger partial charge >= 0.3 is 0 Å². The molecule has 1 aromatic rings. The predicted molar refractivity (Wildman–Crippen MR) is 60.5 cm³/mol. The van der Waals surface area contributed by atoms with Crippen LogP contribution in [0.25, 0.3) is 0 Å². The zero-order valence-corrected chi connectivity index (χ0v) is 9.22. The minimum atomic E-state index is -0.0462. The molecular weight excluding hydrogens is 189 g/mol. The highest BCUT2D eigenvalue weighted by Crippen LogP contribution is 2.44. The van der Waals surface area contributed by atoms with Gasteiger partial charge in [-0.15, -0.1) is 0 Å². The van der Waals surface area contributed by atoms with Gasteiger partial charge in [0.15, 0.2) is 0 Å². The van der Waals surface area contributed by atoms with E-state index in [1.165, 1.54) is 6.42 Å². The average Bonchev–Trinajstić information content (AvgIpc) is 2.19. The SMILES string of the molecule is CCNCC1(c2ccccc2F)CCC1. The molecule has 0 unspecified atom stereocenters. The summed E-state index contributed by atoms with van der Waals surface area (Å²) < 4.78 is 13.7. The van der Waals surface area contributed by atoms with Crippen LogP contribution in [0.15, 0.2) is 24.3 Å². The fourth-order valence-electron chi connectivity index (χ4n) is 2.40. The first-order valence-corrected chi connectivity index (χ1v) is 5.74. The third kappa shape index (κ3) is 1.91. The number of likely N-dealkylation sites (N-methyl/N-ethyl adjacent to an activating group) is 1. The highest BCUT2D eigenvalue weighted by molar-refractivity contribution is 5.30. The van der Waals surface area contributed by atoms with Crippen molar-refractivity contribution in [1.82, 2.24) is 5.32 Å². The largest absolute Gasteiger partial charge is 0.316 e. The summed E-state index contributed by atoms with van der Waals surface area (Å²) in [7, 11) is 0. The van der Waals surface area contributed by atoms with Crippen LogP contribution in [-0.2, 0) is 5.41 Å². The van der Waals surface area contributed by atoms with Crippen LogP contribution in [0.4, 0.5) is 4.39 Å². The molecule has 0 spiro atoms. The summed E-state index contributed by atoms with van der Waals surface area (Å²) in [5, 5.41) is 3.35. The maximum Gasteiger partial charge on any atom is 0.127 e. The monoisotopic (exact) mass is 207 g/mol. The molecule has 1 nitrogen and oxygen atoms in total. The van der Waals surface area contributed by atoms with Crippen LogP contribution in [0.1, 0.15) is 31.7 Å². The Bertz CT molecular complexity index is 331. The summed E-state index contributed by atoms with van der Waals surface area (Å²) in [6.45, 7) is 3.95.